The van der Waals surface area contributed by atoms with Crippen molar-refractivity contribution in [3.63, 3.8) is 0 Å². The summed E-state index contributed by atoms with van der Waals surface area (Å²) in [6.45, 7) is 0. The quantitative estimate of drug-likeness (QED) is 0.179. The Hall–Kier alpha value is -5.18. The molecule has 2 heteroatoms. The molecule has 0 atom stereocenters. The van der Waals surface area contributed by atoms with Crippen LogP contribution in [0.4, 0.5) is 0 Å². The Balaban J connectivity index is 1.38. The van der Waals surface area contributed by atoms with Gasteiger partial charge >= 0.3 is 0 Å². The lowest BCUT2D eigenvalue weighted by Gasteiger charge is -2.13. The fraction of sp³-hybridized carbons (Fsp3) is 0. The Bertz CT molecular complexity index is 2730. The maximum atomic E-state index is 2.47. The van der Waals surface area contributed by atoms with Crippen LogP contribution in [0.5, 0.6) is 0 Å². The van der Waals surface area contributed by atoms with E-state index in [4.69, 9.17) is 0 Å². The minimum atomic E-state index is 1.19. The molecule has 1 nitrogen and oxygen atoms in total. The molecular weight excluding hydrogens is 527 g/mol. The molecule has 8 aromatic carbocycles. The van der Waals surface area contributed by atoms with Crippen molar-refractivity contribution in [2.75, 3.05) is 0 Å². The lowest BCUT2D eigenvalue weighted by Crippen LogP contribution is -1.92. The largest absolute Gasteiger partial charge is 0.309 e. The first kappa shape index (κ1) is 22.5. The summed E-state index contributed by atoms with van der Waals surface area (Å²) in [6, 6.07) is 51.6. The smallest absolute Gasteiger partial charge is 0.0555 e. The molecule has 0 aliphatic rings. The molecule has 0 aliphatic carbocycles. The highest BCUT2D eigenvalue weighted by Gasteiger charge is 2.17. The van der Waals surface area contributed by atoms with Crippen LogP contribution in [0.1, 0.15) is 0 Å². The zero-order valence-corrected chi connectivity index (χ0v) is 23.5. The van der Waals surface area contributed by atoms with Crippen molar-refractivity contribution >= 4 is 96.4 Å². The van der Waals surface area contributed by atoms with Gasteiger partial charge in [-0.2, -0.15) is 0 Å². The fourth-order valence-electron chi connectivity index (χ4n) is 7.31. The Labute approximate surface area is 245 Å². The lowest BCUT2D eigenvalue weighted by molar-refractivity contribution is 1.18. The highest BCUT2D eigenvalue weighted by atomic mass is 32.1. The Morgan fingerprint density at radius 3 is 1.83 bits per heavy atom. The second kappa shape index (κ2) is 8.19. The third-order valence-electron chi connectivity index (χ3n) is 9.12. The highest BCUT2D eigenvalue weighted by Crippen LogP contribution is 2.45. The normalized spacial score (nSPS) is 12.3. The average Bonchev–Trinajstić information content (AvgIpc) is 3.57. The summed E-state index contributed by atoms with van der Waals surface area (Å²) in [5.74, 6) is 0. The molecule has 0 unspecified atom stereocenters. The summed E-state index contributed by atoms with van der Waals surface area (Å²) in [6.07, 6.45) is 0. The zero-order valence-electron chi connectivity index (χ0n) is 22.6. The predicted octanol–water partition coefficient (Wildman–Crippen LogP) is 11.8. The molecule has 2 aromatic heterocycles. The summed E-state index contributed by atoms with van der Waals surface area (Å²) in [5, 5.41) is 15.9. The number of benzene rings is 8. The first-order valence-electron chi connectivity index (χ1n) is 14.4. The SMILES string of the molecule is c1ccc(-n2c3ccccc3c3cc4c(cc32)sc2cc3c5ccccc5c5c6ccccc6ccc5c3cc24)cc1. The Kier molecular flexibility index (Phi) is 4.39. The van der Waals surface area contributed by atoms with Crippen molar-refractivity contribution in [3.05, 3.63) is 140 Å². The monoisotopic (exact) mass is 549 g/mol. The topological polar surface area (TPSA) is 4.93 Å². The van der Waals surface area contributed by atoms with Crippen molar-refractivity contribution in [1.29, 1.82) is 0 Å². The molecule has 0 radical (unpaired) electrons. The first-order valence-corrected chi connectivity index (χ1v) is 15.3. The van der Waals surface area contributed by atoms with E-state index in [9.17, 15) is 0 Å². The van der Waals surface area contributed by atoms with Gasteiger partial charge in [-0.25, -0.2) is 0 Å². The number of fused-ring (bicyclic) bond motifs is 14. The summed E-state index contributed by atoms with van der Waals surface area (Å²) in [4.78, 5) is 0. The van der Waals surface area contributed by atoms with Crippen LogP contribution in [0, 0.1) is 0 Å². The standard InChI is InChI=1S/C40H23NS/c1-2-11-25(12-3-1)41-36-17-9-8-15-28(36)33-21-35-34-20-31-30-19-18-24-10-4-5-13-26(24)40(30)29-16-7-6-14-27(29)32(31)22-38(34)42-39(35)23-37(33)41/h1-23H. The van der Waals surface area contributed by atoms with Crippen LogP contribution in [0.25, 0.3) is 90.8 Å². The predicted molar refractivity (Wildman–Crippen MR) is 184 cm³/mol. The highest BCUT2D eigenvalue weighted by molar-refractivity contribution is 7.26. The summed E-state index contributed by atoms with van der Waals surface area (Å²) >= 11 is 1.91. The third kappa shape index (κ3) is 2.92. The van der Waals surface area contributed by atoms with E-state index >= 15 is 0 Å². The molecule has 0 aliphatic heterocycles. The van der Waals surface area contributed by atoms with Crippen molar-refractivity contribution in [3.8, 4) is 5.69 Å². The van der Waals surface area contributed by atoms with Gasteiger partial charge < -0.3 is 4.57 Å². The van der Waals surface area contributed by atoms with Gasteiger partial charge in [0.05, 0.1) is 11.0 Å². The van der Waals surface area contributed by atoms with Gasteiger partial charge in [0.1, 0.15) is 0 Å². The molecule has 0 spiro atoms. The van der Waals surface area contributed by atoms with Crippen LogP contribution in [0.2, 0.25) is 0 Å². The second-order valence-electron chi connectivity index (χ2n) is 11.3. The molecule has 0 bridgehead atoms. The van der Waals surface area contributed by atoms with Crippen LogP contribution in [0.3, 0.4) is 0 Å². The van der Waals surface area contributed by atoms with Crippen molar-refractivity contribution in [2.45, 2.75) is 0 Å². The molecule has 0 saturated heterocycles. The maximum Gasteiger partial charge on any atom is 0.0555 e. The van der Waals surface area contributed by atoms with E-state index in [1.165, 1.54) is 90.8 Å². The van der Waals surface area contributed by atoms with E-state index < -0.39 is 0 Å². The van der Waals surface area contributed by atoms with Gasteiger partial charge in [-0.05, 0) is 85.6 Å². The van der Waals surface area contributed by atoms with Crippen molar-refractivity contribution in [2.24, 2.45) is 0 Å². The number of hydrogen-bond acceptors (Lipinski definition) is 1. The lowest BCUT2D eigenvalue weighted by atomic mass is 9.90. The van der Waals surface area contributed by atoms with Crippen molar-refractivity contribution in [1.82, 2.24) is 4.57 Å². The van der Waals surface area contributed by atoms with E-state index in [0.29, 0.717) is 0 Å². The Morgan fingerprint density at radius 1 is 0.357 bits per heavy atom. The molecule has 194 valence electrons. The van der Waals surface area contributed by atoms with Gasteiger partial charge in [0.15, 0.2) is 0 Å². The van der Waals surface area contributed by atoms with Gasteiger partial charge in [-0.15, -0.1) is 11.3 Å². The minimum Gasteiger partial charge on any atom is -0.309 e. The number of aromatic nitrogens is 1. The molecule has 2 heterocycles. The number of thiophene rings is 1. The molecule has 0 amide bonds. The number of para-hydroxylation sites is 2. The summed E-state index contributed by atoms with van der Waals surface area (Å²) < 4.78 is 5.08. The number of rotatable bonds is 1. The molecule has 0 N–H and O–H groups in total. The molecule has 0 saturated carbocycles. The zero-order chi connectivity index (χ0) is 27.4. The summed E-state index contributed by atoms with van der Waals surface area (Å²) in [7, 11) is 0. The average molecular weight is 550 g/mol. The van der Waals surface area contributed by atoms with Gasteiger partial charge in [-0.1, -0.05) is 97.1 Å². The third-order valence-corrected chi connectivity index (χ3v) is 10.2. The van der Waals surface area contributed by atoms with Crippen LogP contribution < -0.4 is 0 Å². The molecule has 10 rings (SSSR count). The van der Waals surface area contributed by atoms with Crippen LogP contribution in [0.15, 0.2) is 140 Å². The van der Waals surface area contributed by atoms with E-state index in [0.717, 1.165) is 0 Å². The van der Waals surface area contributed by atoms with E-state index in [1.807, 2.05) is 11.3 Å². The van der Waals surface area contributed by atoms with Crippen LogP contribution in [-0.4, -0.2) is 4.57 Å². The Morgan fingerprint density at radius 2 is 0.976 bits per heavy atom. The van der Waals surface area contributed by atoms with E-state index in [1.54, 1.807) is 0 Å². The van der Waals surface area contributed by atoms with Gasteiger partial charge in [0.25, 0.3) is 0 Å². The first-order chi connectivity index (χ1) is 20.8. The van der Waals surface area contributed by atoms with E-state index in [2.05, 4.69) is 144 Å². The second-order valence-corrected chi connectivity index (χ2v) is 12.4. The number of nitrogens with zero attached hydrogens (tertiary/aromatic N) is 1. The van der Waals surface area contributed by atoms with Gasteiger partial charge in [-0.3, -0.25) is 0 Å². The van der Waals surface area contributed by atoms with Crippen LogP contribution in [-0.2, 0) is 0 Å². The van der Waals surface area contributed by atoms with Crippen molar-refractivity contribution < 1.29 is 0 Å². The van der Waals surface area contributed by atoms with Gasteiger partial charge in [0.2, 0.25) is 0 Å². The maximum absolute atomic E-state index is 2.47. The van der Waals surface area contributed by atoms with E-state index in [-0.39, 0.29) is 0 Å². The van der Waals surface area contributed by atoms with Crippen LogP contribution >= 0.6 is 11.3 Å². The molecule has 10 aromatic rings. The molecular formula is C40H23NS. The van der Waals surface area contributed by atoms with Gasteiger partial charge in [0, 0.05) is 36.6 Å². The summed E-state index contributed by atoms with van der Waals surface area (Å²) in [5.41, 5.74) is 3.70. The molecule has 0 fully saturated rings. The fourth-order valence-corrected chi connectivity index (χ4v) is 8.45. The number of hydrogen-bond donors (Lipinski definition) is 0. The molecule has 42 heavy (non-hydrogen) atoms. The minimum absolute atomic E-state index is 1.19.